The first-order valence-electron chi connectivity index (χ1n) is 8.09. The fourth-order valence-corrected chi connectivity index (χ4v) is 4.13. The Morgan fingerprint density at radius 1 is 1.25 bits per heavy atom. The molecule has 3 unspecified atom stereocenters. The van der Waals surface area contributed by atoms with E-state index in [1.54, 1.807) is 0 Å². The van der Waals surface area contributed by atoms with Crippen LogP contribution in [-0.4, -0.2) is 43.2 Å². The normalized spacial score (nSPS) is 33.3. The third kappa shape index (κ3) is 2.45. The molecular weight excluding hydrogens is 248 g/mol. The van der Waals surface area contributed by atoms with Crippen LogP contribution in [0.1, 0.15) is 24.8 Å². The molecule has 0 radical (unpaired) electrons. The van der Waals surface area contributed by atoms with E-state index in [9.17, 15) is 0 Å². The SMILES string of the molecule is c1ccc2c(c1)CC(CN1CCC3NCCCC3C1)O2. The summed E-state index contributed by atoms with van der Waals surface area (Å²) in [6, 6.07) is 9.27. The van der Waals surface area contributed by atoms with E-state index in [4.69, 9.17) is 4.74 Å². The third-order valence-electron chi connectivity index (χ3n) is 5.15. The van der Waals surface area contributed by atoms with Crippen molar-refractivity contribution in [2.45, 2.75) is 37.8 Å². The lowest BCUT2D eigenvalue weighted by Crippen LogP contribution is -2.53. The van der Waals surface area contributed by atoms with Crippen LogP contribution in [0.2, 0.25) is 0 Å². The van der Waals surface area contributed by atoms with Crippen LogP contribution in [0.25, 0.3) is 0 Å². The summed E-state index contributed by atoms with van der Waals surface area (Å²) in [6.07, 6.45) is 5.50. The monoisotopic (exact) mass is 272 g/mol. The number of nitrogens with one attached hydrogen (secondary N) is 1. The largest absolute Gasteiger partial charge is 0.488 e. The smallest absolute Gasteiger partial charge is 0.123 e. The van der Waals surface area contributed by atoms with E-state index in [1.165, 1.54) is 44.5 Å². The molecule has 0 aromatic heterocycles. The lowest BCUT2D eigenvalue weighted by atomic mass is 9.85. The van der Waals surface area contributed by atoms with E-state index in [2.05, 4.69) is 34.5 Å². The molecular formula is C17H24N2O. The van der Waals surface area contributed by atoms with Crippen LogP contribution < -0.4 is 10.1 Å². The summed E-state index contributed by atoms with van der Waals surface area (Å²) in [7, 11) is 0. The molecule has 3 heteroatoms. The minimum Gasteiger partial charge on any atom is -0.488 e. The van der Waals surface area contributed by atoms with Crippen LogP contribution in [0.4, 0.5) is 0 Å². The Morgan fingerprint density at radius 2 is 2.20 bits per heavy atom. The van der Waals surface area contributed by atoms with E-state index in [1.807, 2.05) is 0 Å². The Kier molecular flexibility index (Phi) is 3.41. The van der Waals surface area contributed by atoms with Gasteiger partial charge in [0.2, 0.25) is 0 Å². The second-order valence-corrected chi connectivity index (χ2v) is 6.56. The highest BCUT2D eigenvalue weighted by Gasteiger charge is 2.33. The highest BCUT2D eigenvalue weighted by Crippen LogP contribution is 2.30. The van der Waals surface area contributed by atoms with Crippen LogP contribution in [0, 0.1) is 5.92 Å². The first-order valence-corrected chi connectivity index (χ1v) is 8.09. The van der Waals surface area contributed by atoms with Crippen molar-refractivity contribution in [1.29, 1.82) is 0 Å². The molecule has 3 aliphatic heterocycles. The summed E-state index contributed by atoms with van der Waals surface area (Å²) in [5.74, 6) is 1.97. The molecule has 3 heterocycles. The van der Waals surface area contributed by atoms with Gasteiger partial charge in [-0.1, -0.05) is 18.2 Å². The zero-order valence-electron chi connectivity index (χ0n) is 12.1. The van der Waals surface area contributed by atoms with Gasteiger partial charge in [-0.15, -0.1) is 0 Å². The number of hydrogen-bond donors (Lipinski definition) is 1. The maximum Gasteiger partial charge on any atom is 0.123 e. The number of likely N-dealkylation sites (tertiary alicyclic amines) is 1. The second kappa shape index (κ2) is 5.38. The Morgan fingerprint density at radius 3 is 3.15 bits per heavy atom. The van der Waals surface area contributed by atoms with Crippen molar-refractivity contribution in [3.05, 3.63) is 29.8 Å². The van der Waals surface area contributed by atoms with Crippen LogP contribution in [0.15, 0.2) is 24.3 Å². The third-order valence-corrected chi connectivity index (χ3v) is 5.15. The van der Waals surface area contributed by atoms with Crippen molar-refractivity contribution >= 4 is 0 Å². The number of ether oxygens (including phenoxy) is 1. The Hall–Kier alpha value is -1.06. The Balaban J connectivity index is 1.35. The second-order valence-electron chi connectivity index (χ2n) is 6.56. The van der Waals surface area contributed by atoms with Gasteiger partial charge in [-0.25, -0.2) is 0 Å². The molecule has 0 spiro atoms. The van der Waals surface area contributed by atoms with E-state index < -0.39 is 0 Å². The standard InChI is InChI=1S/C17H24N2O/c1-2-6-17-13(4-1)10-15(20-17)12-19-9-7-16-14(11-19)5-3-8-18-16/h1-2,4,6,14-16,18H,3,5,7-12H2. The molecule has 1 aromatic carbocycles. The summed E-state index contributed by atoms with van der Waals surface area (Å²) in [5.41, 5.74) is 1.38. The van der Waals surface area contributed by atoms with Gasteiger partial charge in [0.15, 0.2) is 0 Å². The average Bonchev–Trinajstić information content (AvgIpc) is 2.89. The fraction of sp³-hybridized carbons (Fsp3) is 0.647. The Labute approximate surface area is 121 Å². The number of piperidine rings is 2. The molecule has 2 fully saturated rings. The first kappa shape index (κ1) is 12.7. The van der Waals surface area contributed by atoms with E-state index >= 15 is 0 Å². The van der Waals surface area contributed by atoms with Crippen LogP contribution >= 0.6 is 0 Å². The van der Waals surface area contributed by atoms with E-state index in [0.717, 1.165) is 30.7 Å². The van der Waals surface area contributed by atoms with Gasteiger partial charge in [0.1, 0.15) is 11.9 Å². The van der Waals surface area contributed by atoms with Crippen LogP contribution in [0.3, 0.4) is 0 Å². The van der Waals surface area contributed by atoms with Crippen molar-refractivity contribution in [2.75, 3.05) is 26.2 Å². The summed E-state index contributed by atoms with van der Waals surface area (Å²) in [5, 5.41) is 3.69. The summed E-state index contributed by atoms with van der Waals surface area (Å²) >= 11 is 0. The Bertz CT molecular complexity index is 451. The molecule has 3 atom stereocenters. The first-order chi connectivity index (χ1) is 9.88. The van der Waals surface area contributed by atoms with Crippen LogP contribution in [0.5, 0.6) is 5.75 Å². The zero-order chi connectivity index (χ0) is 13.4. The molecule has 1 N–H and O–H groups in total. The average molecular weight is 272 g/mol. The van der Waals surface area contributed by atoms with Gasteiger partial charge in [0.05, 0.1) is 0 Å². The van der Waals surface area contributed by atoms with Gasteiger partial charge < -0.3 is 10.1 Å². The van der Waals surface area contributed by atoms with Crippen molar-refractivity contribution in [3.63, 3.8) is 0 Å². The van der Waals surface area contributed by atoms with Crippen LogP contribution in [-0.2, 0) is 6.42 Å². The van der Waals surface area contributed by atoms with Gasteiger partial charge in [-0.2, -0.15) is 0 Å². The molecule has 1 aromatic rings. The summed E-state index contributed by atoms with van der Waals surface area (Å²) in [6.45, 7) is 4.80. The molecule has 2 saturated heterocycles. The molecule has 0 aliphatic carbocycles. The van der Waals surface area contributed by atoms with Gasteiger partial charge in [-0.3, -0.25) is 4.90 Å². The lowest BCUT2D eigenvalue weighted by Gasteiger charge is -2.42. The number of rotatable bonds is 2. The van der Waals surface area contributed by atoms with Crippen molar-refractivity contribution in [1.82, 2.24) is 10.2 Å². The predicted molar refractivity (Wildman–Crippen MR) is 80.1 cm³/mol. The molecule has 0 saturated carbocycles. The van der Waals surface area contributed by atoms with Crippen molar-refractivity contribution in [2.24, 2.45) is 5.92 Å². The van der Waals surface area contributed by atoms with Crippen molar-refractivity contribution in [3.8, 4) is 5.75 Å². The zero-order valence-corrected chi connectivity index (χ0v) is 12.1. The predicted octanol–water partition coefficient (Wildman–Crippen LogP) is 2.06. The number of benzene rings is 1. The highest BCUT2D eigenvalue weighted by molar-refractivity contribution is 5.37. The minimum atomic E-state index is 0.362. The summed E-state index contributed by atoms with van der Waals surface area (Å²) < 4.78 is 6.09. The number of para-hydroxylation sites is 1. The number of fused-ring (bicyclic) bond motifs is 2. The number of hydrogen-bond acceptors (Lipinski definition) is 3. The fourth-order valence-electron chi connectivity index (χ4n) is 4.13. The van der Waals surface area contributed by atoms with Gasteiger partial charge in [0, 0.05) is 25.6 Å². The topological polar surface area (TPSA) is 24.5 Å². The van der Waals surface area contributed by atoms with E-state index in [0.29, 0.717) is 6.10 Å². The number of nitrogens with zero attached hydrogens (tertiary/aromatic N) is 1. The molecule has 0 bridgehead atoms. The highest BCUT2D eigenvalue weighted by atomic mass is 16.5. The molecule has 3 aliphatic rings. The van der Waals surface area contributed by atoms with E-state index in [-0.39, 0.29) is 0 Å². The molecule has 0 amide bonds. The minimum absolute atomic E-state index is 0.362. The maximum atomic E-state index is 6.09. The quantitative estimate of drug-likeness (QED) is 0.892. The van der Waals surface area contributed by atoms with Gasteiger partial charge in [-0.05, 0) is 49.9 Å². The molecule has 108 valence electrons. The molecule has 4 rings (SSSR count). The maximum absolute atomic E-state index is 6.09. The lowest BCUT2D eigenvalue weighted by molar-refractivity contribution is 0.0786. The molecule has 20 heavy (non-hydrogen) atoms. The van der Waals surface area contributed by atoms with Gasteiger partial charge in [0.25, 0.3) is 0 Å². The van der Waals surface area contributed by atoms with Crippen molar-refractivity contribution < 1.29 is 4.74 Å². The molecule has 3 nitrogen and oxygen atoms in total. The summed E-state index contributed by atoms with van der Waals surface area (Å²) in [4.78, 5) is 2.63. The van der Waals surface area contributed by atoms with Gasteiger partial charge >= 0.3 is 0 Å².